The van der Waals surface area contributed by atoms with Gasteiger partial charge in [-0.2, -0.15) is 0 Å². The average Bonchev–Trinajstić information content (AvgIpc) is 2.99. The molecule has 11 heteroatoms. The summed E-state index contributed by atoms with van der Waals surface area (Å²) >= 11 is 0. The van der Waals surface area contributed by atoms with Crippen molar-refractivity contribution >= 4 is 29.2 Å². The number of ether oxygens (including phenoxy) is 2. The molecule has 2 N–H and O–H groups in total. The van der Waals surface area contributed by atoms with Crippen molar-refractivity contribution in [2.24, 2.45) is 0 Å². The molecule has 11 nitrogen and oxygen atoms in total. The Morgan fingerprint density at radius 1 is 0.650 bits per heavy atom. The van der Waals surface area contributed by atoms with Crippen LogP contribution in [0.4, 0.5) is 5.69 Å². The molecule has 0 aliphatic carbocycles. The fourth-order valence-corrected chi connectivity index (χ4v) is 3.88. The van der Waals surface area contributed by atoms with Crippen LogP contribution in [0.25, 0.3) is 0 Å². The number of nitrogens with zero attached hydrogens (tertiary/aromatic N) is 1. The lowest BCUT2D eigenvalue weighted by molar-refractivity contribution is -0.384. The van der Waals surface area contributed by atoms with Crippen molar-refractivity contribution in [1.82, 2.24) is 0 Å². The molecule has 0 aliphatic heterocycles. The van der Waals surface area contributed by atoms with Gasteiger partial charge < -0.3 is 19.7 Å². The number of nitro benzene ring substituents is 1. The maximum Gasteiger partial charge on any atom is 0.343 e. The summed E-state index contributed by atoms with van der Waals surface area (Å²) in [5.74, 6) is -7.56. The van der Waals surface area contributed by atoms with Crippen molar-refractivity contribution in [2.45, 2.75) is 0 Å². The van der Waals surface area contributed by atoms with Gasteiger partial charge >= 0.3 is 11.9 Å². The van der Waals surface area contributed by atoms with E-state index in [0.717, 1.165) is 31.4 Å². The third-order valence-corrected chi connectivity index (χ3v) is 5.83. The van der Waals surface area contributed by atoms with Crippen molar-refractivity contribution in [2.75, 3.05) is 7.11 Å². The molecule has 0 heterocycles. The van der Waals surface area contributed by atoms with E-state index in [0.29, 0.717) is 0 Å². The Hall–Kier alpha value is -5.84. The molecule has 0 amide bonds. The minimum atomic E-state index is -1.27. The summed E-state index contributed by atoms with van der Waals surface area (Å²) in [6.45, 7) is 0. The topological polar surface area (TPSA) is 170 Å². The molecular formula is C29H19NO10. The second-order valence-corrected chi connectivity index (χ2v) is 8.23. The van der Waals surface area contributed by atoms with Gasteiger partial charge in [-0.05, 0) is 24.3 Å². The highest BCUT2D eigenvalue weighted by atomic mass is 16.6. The van der Waals surface area contributed by atoms with Crippen LogP contribution < -0.4 is 4.74 Å². The van der Waals surface area contributed by atoms with E-state index in [2.05, 4.69) is 0 Å². The highest BCUT2D eigenvalue weighted by Gasteiger charge is 2.37. The summed E-state index contributed by atoms with van der Waals surface area (Å²) in [4.78, 5) is 63.7. The Morgan fingerprint density at radius 3 is 1.68 bits per heavy atom. The SMILES string of the molecule is COC(=O)c1c(C(=O)c2ccccc2)c(O)c(O)c(OC(=O)c2ccccc2)c1C(=O)c1ccc([N+](=O)[O-])cc1. The Labute approximate surface area is 226 Å². The zero-order valence-corrected chi connectivity index (χ0v) is 20.7. The third-order valence-electron chi connectivity index (χ3n) is 5.83. The standard InChI is InChI=1S/C29H19NO10/c1-39-29(36)20-21(23(31)16-8-4-2-5-9-16)25(33)26(34)27(40-28(35)18-10-6-3-7-11-18)22(20)24(32)17-12-14-19(15-13-17)30(37)38/h2-15,33-34H,1H3. The molecule has 4 rings (SSSR count). The van der Waals surface area contributed by atoms with Gasteiger partial charge in [0.25, 0.3) is 5.69 Å². The molecule has 0 saturated carbocycles. The predicted molar refractivity (Wildman–Crippen MR) is 139 cm³/mol. The Morgan fingerprint density at radius 2 is 1.15 bits per heavy atom. The first-order valence-corrected chi connectivity index (χ1v) is 11.5. The molecule has 0 saturated heterocycles. The third kappa shape index (κ3) is 5.11. The number of carbonyl (C=O) groups is 4. The second kappa shape index (κ2) is 11.3. The number of hydrogen-bond donors (Lipinski definition) is 2. The van der Waals surface area contributed by atoms with E-state index in [1.165, 1.54) is 48.5 Å². The number of aromatic hydroxyl groups is 2. The summed E-state index contributed by atoms with van der Waals surface area (Å²) in [7, 11) is 0.957. The first kappa shape index (κ1) is 27.2. The summed E-state index contributed by atoms with van der Waals surface area (Å²) in [5, 5.41) is 33.0. The largest absolute Gasteiger partial charge is 0.504 e. The number of benzene rings is 4. The monoisotopic (exact) mass is 541 g/mol. The highest BCUT2D eigenvalue weighted by molar-refractivity contribution is 6.24. The van der Waals surface area contributed by atoms with Crippen molar-refractivity contribution in [3.8, 4) is 17.2 Å². The van der Waals surface area contributed by atoms with Gasteiger partial charge in [-0.3, -0.25) is 19.7 Å². The minimum Gasteiger partial charge on any atom is -0.504 e. The highest BCUT2D eigenvalue weighted by Crippen LogP contribution is 2.46. The molecule has 0 aliphatic rings. The molecule has 0 unspecified atom stereocenters. The van der Waals surface area contributed by atoms with Gasteiger partial charge in [0.15, 0.2) is 23.1 Å². The van der Waals surface area contributed by atoms with E-state index in [4.69, 9.17) is 9.47 Å². The van der Waals surface area contributed by atoms with Gasteiger partial charge in [0.05, 0.1) is 34.3 Å². The van der Waals surface area contributed by atoms with Crippen LogP contribution in [0, 0.1) is 10.1 Å². The molecule has 0 aromatic heterocycles. The van der Waals surface area contributed by atoms with Crippen molar-refractivity contribution in [3.05, 3.63) is 128 Å². The number of nitro groups is 1. The summed E-state index contributed by atoms with van der Waals surface area (Å²) in [6.07, 6.45) is 0. The number of non-ortho nitro benzene ring substituents is 1. The fourth-order valence-electron chi connectivity index (χ4n) is 3.88. The van der Waals surface area contributed by atoms with Crippen LogP contribution in [0.5, 0.6) is 17.2 Å². The summed E-state index contributed by atoms with van der Waals surface area (Å²) in [5.41, 5.74) is -2.92. The average molecular weight is 541 g/mol. The first-order chi connectivity index (χ1) is 19.1. The molecule has 0 fully saturated rings. The van der Waals surface area contributed by atoms with E-state index in [9.17, 15) is 39.5 Å². The summed E-state index contributed by atoms with van der Waals surface area (Å²) < 4.78 is 10.1. The number of esters is 2. The zero-order valence-electron chi connectivity index (χ0n) is 20.7. The van der Waals surface area contributed by atoms with Crippen LogP contribution in [0.3, 0.4) is 0 Å². The van der Waals surface area contributed by atoms with Crippen molar-refractivity contribution in [1.29, 1.82) is 0 Å². The quantitative estimate of drug-likeness (QED) is 0.0810. The molecule has 40 heavy (non-hydrogen) atoms. The molecule has 4 aromatic carbocycles. The molecular weight excluding hydrogens is 522 g/mol. The summed E-state index contributed by atoms with van der Waals surface area (Å²) in [6, 6.07) is 19.0. The minimum absolute atomic E-state index is 0.000758. The number of hydrogen-bond acceptors (Lipinski definition) is 10. The fraction of sp³-hybridized carbons (Fsp3) is 0.0345. The van der Waals surface area contributed by atoms with Crippen LogP contribution in [-0.2, 0) is 4.74 Å². The van der Waals surface area contributed by atoms with Crippen LogP contribution in [0.2, 0.25) is 0 Å². The lowest BCUT2D eigenvalue weighted by atomic mass is 9.88. The molecule has 0 bridgehead atoms. The normalized spacial score (nSPS) is 10.4. The lowest BCUT2D eigenvalue weighted by Gasteiger charge is -2.19. The first-order valence-electron chi connectivity index (χ1n) is 11.5. The predicted octanol–water partition coefficient (Wildman–Crippen LogP) is 4.47. The van der Waals surface area contributed by atoms with Gasteiger partial charge in [0.2, 0.25) is 5.75 Å². The maximum atomic E-state index is 13.8. The Kier molecular flexibility index (Phi) is 7.67. The van der Waals surface area contributed by atoms with Crippen molar-refractivity contribution in [3.63, 3.8) is 0 Å². The van der Waals surface area contributed by atoms with Gasteiger partial charge in [0.1, 0.15) is 0 Å². The Balaban J connectivity index is 2.03. The van der Waals surface area contributed by atoms with Crippen molar-refractivity contribution < 1.29 is 43.8 Å². The van der Waals surface area contributed by atoms with Gasteiger partial charge in [-0.15, -0.1) is 0 Å². The number of phenolic OH excluding ortho intramolecular Hbond substituents is 2. The zero-order chi connectivity index (χ0) is 29.0. The molecule has 0 spiro atoms. The van der Waals surface area contributed by atoms with Gasteiger partial charge in [0, 0.05) is 23.3 Å². The van der Waals surface area contributed by atoms with Crippen LogP contribution in [0.1, 0.15) is 52.6 Å². The van der Waals surface area contributed by atoms with E-state index in [1.54, 1.807) is 12.1 Å². The van der Waals surface area contributed by atoms with E-state index in [1.807, 2.05) is 0 Å². The van der Waals surface area contributed by atoms with Crippen LogP contribution >= 0.6 is 0 Å². The van der Waals surface area contributed by atoms with Crippen LogP contribution in [0.15, 0.2) is 84.9 Å². The van der Waals surface area contributed by atoms with Gasteiger partial charge in [-0.25, -0.2) is 9.59 Å². The molecule has 0 radical (unpaired) electrons. The number of phenols is 2. The van der Waals surface area contributed by atoms with E-state index < -0.39 is 62.4 Å². The van der Waals surface area contributed by atoms with E-state index >= 15 is 0 Å². The number of methoxy groups -OCH3 is 1. The van der Waals surface area contributed by atoms with E-state index in [-0.39, 0.29) is 22.4 Å². The number of ketones is 2. The smallest absolute Gasteiger partial charge is 0.343 e. The number of rotatable bonds is 8. The maximum absolute atomic E-state index is 13.8. The molecule has 0 atom stereocenters. The lowest BCUT2D eigenvalue weighted by Crippen LogP contribution is -2.21. The van der Waals surface area contributed by atoms with Crippen LogP contribution in [-0.4, -0.2) is 45.8 Å². The second-order valence-electron chi connectivity index (χ2n) is 8.23. The molecule has 200 valence electrons. The van der Waals surface area contributed by atoms with Gasteiger partial charge in [-0.1, -0.05) is 48.5 Å². The molecule has 4 aromatic rings. The number of carbonyl (C=O) groups excluding carboxylic acids is 4. The Bertz CT molecular complexity index is 1650.